The van der Waals surface area contributed by atoms with Crippen molar-refractivity contribution in [1.29, 1.82) is 0 Å². The average molecular weight is 428 g/mol. The Balaban J connectivity index is 2.10. The summed E-state index contributed by atoms with van der Waals surface area (Å²) in [5, 5.41) is 0. The van der Waals surface area contributed by atoms with Crippen molar-refractivity contribution in [2.45, 2.75) is 19.3 Å². The van der Waals surface area contributed by atoms with Crippen LogP contribution >= 0.6 is 31.9 Å². The molecule has 0 unspecified atom stereocenters. The summed E-state index contributed by atoms with van der Waals surface area (Å²) in [6.07, 6.45) is 0. The highest BCUT2D eigenvalue weighted by atomic mass is 79.9. The largest absolute Gasteiger partial charge is 0.0617 e. The molecular formula is C21H16Br2. The predicted octanol–water partition coefficient (Wildman–Crippen LogP) is 6.85. The number of fused-ring (bicyclic) bond motifs is 3. The van der Waals surface area contributed by atoms with Gasteiger partial charge in [0.2, 0.25) is 0 Å². The van der Waals surface area contributed by atoms with Crippen molar-refractivity contribution in [3.05, 3.63) is 91.9 Å². The highest BCUT2D eigenvalue weighted by Crippen LogP contribution is 2.53. The topological polar surface area (TPSA) is 0 Å². The van der Waals surface area contributed by atoms with Crippen molar-refractivity contribution in [3.63, 3.8) is 0 Å². The van der Waals surface area contributed by atoms with E-state index < -0.39 is 0 Å². The summed E-state index contributed by atoms with van der Waals surface area (Å²) in [7, 11) is 0. The van der Waals surface area contributed by atoms with E-state index in [1.54, 1.807) is 0 Å². The second-order valence-electron chi connectivity index (χ2n) is 6.37. The van der Waals surface area contributed by atoms with E-state index in [0.717, 1.165) is 8.95 Å². The fraction of sp³-hybridized carbons (Fsp3) is 0.143. The Bertz CT molecular complexity index is 873. The van der Waals surface area contributed by atoms with Crippen molar-refractivity contribution < 1.29 is 0 Å². The maximum atomic E-state index is 3.65. The van der Waals surface area contributed by atoms with Gasteiger partial charge in [-0.2, -0.15) is 0 Å². The Morgan fingerprint density at radius 2 is 1.30 bits per heavy atom. The molecule has 1 aliphatic carbocycles. The Labute approximate surface area is 153 Å². The minimum Gasteiger partial charge on any atom is -0.0617 e. The lowest BCUT2D eigenvalue weighted by Crippen LogP contribution is -2.22. The van der Waals surface area contributed by atoms with Crippen LogP contribution in [0.3, 0.4) is 0 Å². The van der Waals surface area contributed by atoms with Crippen LogP contribution in [-0.4, -0.2) is 0 Å². The third-order valence-corrected chi connectivity index (χ3v) is 5.91. The van der Waals surface area contributed by atoms with E-state index in [0.29, 0.717) is 0 Å². The van der Waals surface area contributed by atoms with Gasteiger partial charge in [-0.3, -0.25) is 0 Å². The lowest BCUT2D eigenvalue weighted by Gasteiger charge is -2.29. The van der Waals surface area contributed by atoms with Crippen molar-refractivity contribution in [2.75, 3.05) is 0 Å². The number of benzene rings is 3. The van der Waals surface area contributed by atoms with Crippen LogP contribution in [0.5, 0.6) is 0 Å². The van der Waals surface area contributed by atoms with Gasteiger partial charge in [-0.25, -0.2) is 0 Å². The zero-order valence-electron chi connectivity index (χ0n) is 13.0. The van der Waals surface area contributed by atoms with Crippen LogP contribution in [0.1, 0.15) is 29.2 Å². The van der Waals surface area contributed by atoms with Gasteiger partial charge >= 0.3 is 0 Å². The van der Waals surface area contributed by atoms with Crippen LogP contribution in [-0.2, 0) is 5.41 Å². The Morgan fingerprint density at radius 1 is 0.739 bits per heavy atom. The van der Waals surface area contributed by atoms with Gasteiger partial charge in [-0.05, 0) is 65.9 Å². The minimum absolute atomic E-state index is 0.135. The number of rotatable bonds is 1. The zero-order chi connectivity index (χ0) is 16.2. The summed E-state index contributed by atoms with van der Waals surface area (Å²) in [5.41, 5.74) is 7.90. The van der Waals surface area contributed by atoms with Gasteiger partial charge in [0.05, 0.1) is 0 Å². The second kappa shape index (κ2) is 5.32. The Morgan fingerprint density at radius 3 is 1.83 bits per heavy atom. The van der Waals surface area contributed by atoms with Crippen LogP contribution in [0.4, 0.5) is 0 Å². The predicted molar refractivity (Wildman–Crippen MR) is 104 cm³/mol. The molecule has 0 aromatic heterocycles. The summed E-state index contributed by atoms with van der Waals surface area (Å²) in [5.74, 6) is 0. The first-order chi connectivity index (χ1) is 11.0. The summed E-state index contributed by atoms with van der Waals surface area (Å²) >= 11 is 7.31. The third kappa shape index (κ3) is 2.23. The Hall–Kier alpha value is -1.38. The van der Waals surface area contributed by atoms with Gasteiger partial charge in [-0.15, -0.1) is 0 Å². The van der Waals surface area contributed by atoms with Crippen molar-refractivity contribution in [1.82, 2.24) is 0 Å². The molecule has 3 aromatic rings. The second-order valence-corrected chi connectivity index (χ2v) is 8.21. The molecule has 0 N–H and O–H groups in total. The first-order valence-electron chi connectivity index (χ1n) is 7.68. The van der Waals surface area contributed by atoms with Crippen LogP contribution < -0.4 is 0 Å². The number of hydrogen-bond donors (Lipinski definition) is 0. The molecule has 23 heavy (non-hydrogen) atoms. The first-order valence-corrected chi connectivity index (χ1v) is 9.26. The van der Waals surface area contributed by atoms with Gasteiger partial charge in [-0.1, -0.05) is 73.8 Å². The fourth-order valence-electron chi connectivity index (χ4n) is 3.74. The van der Waals surface area contributed by atoms with Crippen LogP contribution in [0, 0.1) is 6.92 Å². The Kier molecular flexibility index (Phi) is 3.51. The quantitative estimate of drug-likeness (QED) is 0.398. The molecule has 0 spiro atoms. The minimum atomic E-state index is -0.135. The molecular weight excluding hydrogens is 412 g/mol. The van der Waals surface area contributed by atoms with Gasteiger partial charge < -0.3 is 0 Å². The van der Waals surface area contributed by atoms with Crippen molar-refractivity contribution in [3.8, 4) is 11.1 Å². The molecule has 0 saturated heterocycles. The molecule has 3 aromatic carbocycles. The van der Waals surface area contributed by atoms with E-state index >= 15 is 0 Å². The normalized spacial score (nSPS) is 14.4. The molecule has 0 fully saturated rings. The number of hydrogen-bond acceptors (Lipinski definition) is 0. The molecule has 0 nitrogen and oxygen atoms in total. The zero-order valence-corrected chi connectivity index (χ0v) is 16.2. The molecule has 1 aliphatic rings. The van der Waals surface area contributed by atoms with Gasteiger partial charge in [0, 0.05) is 14.4 Å². The van der Waals surface area contributed by atoms with Gasteiger partial charge in [0.25, 0.3) is 0 Å². The molecule has 0 saturated carbocycles. The lowest BCUT2D eigenvalue weighted by molar-refractivity contribution is 0.712. The molecule has 0 heterocycles. The lowest BCUT2D eigenvalue weighted by atomic mass is 9.74. The molecule has 114 valence electrons. The van der Waals surface area contributed by atoms with Gasteiger partial charge in [0.1, 0.15) is 0 Å². The molecule has 0 radical (unpaired) electrons. The fourth-order valence-corrected chi connectivity index (χ4v) is 4.46. The van der Waals surface area contributed by atoms with E-state index in [4.69, 9.17) is 0 Å². The average Bonchev–Trinajstić information content (AvgIpc) is 2.77. The molecule has 0 atom stereocenters. The molecule has 0 amide bonds. The smallest absolute Gasteiger partial charge is 0.0436 e. The molecule has 0 bridgehead atoms. The maximum Gasteiger partial charge on any atom is 0.0436 e. The number of halogens is 2. The van der Waals surface area contributed by atoms with E-state index in [1.807, 2.05) is 0 Å². The molecule has 2 heteroatoms. The van der Waals surface area contributed by atoms with Crippen molar-refractivity contribution in [2.24, 2.45) is 0 Å². The highest BCUT2D eigenvalue weighted by Gasteiger charge is 2.40. The van der Waals surface area contributed by atoms with E-state index in [-0.39, 0.29) is 5.41 Å². The first kappa shape index (κ1) is 15.2. The number of aryl methyl sites for hydroxylation is 1. The van der Waals surface area contributed by atoms with Gasteiger partial charge in [0.15, 0.2) is 0 Å². The summed E-state index contributed by atoms with van der Waals surface area (Å²) in [6.45, 7) is 4.50. The van der Waals surface area contributed by atoms with Crippen LogP contribution in [0.15, 0.2) is 69.6 Å². The third-order valence-electron chi connectivity index (χ3n) is 4.93. The summed E-state index contributed by atoms with van der Waals surface area (Å²) < 4.78 is 2.25. The van der Waals surface area contributed by atoms with E-state index in [9.17, 15) is 0 Å². The summed E-state index contributed by atoms with van der Waals surface area (Å²) in [4.78, 5) is 0. The summed E-state index contributed by atoms with van der Waals surface area (Å²) in [6, 6.07) is 22.1. The van der Waals surface area contributed by atoms with Crippen molar-refractivity contribution >= 4 is 31.9 Å². The molecule has 0 aliphatic heterocycles. The standard InChI is InChI=1S/C21H16Br2/c1-13-4-3-5-14(10-13)21(2)19-11-15(22)6-8-17(19)18-9-7-16(23)12-20(18)21/h3-12H,1-2H3. The maximum absolute atomic E-state index is 3.65. The van der Waals surface area contributed by atoms with Crippen LogP contribution in [0.25, 0.3) is 11.1 Å². The highest BCUT2D eigenvalue weighted by molar-refractivity contribution is 9.10. The monoisotopic (exact) mass is 426 g/mol. The van der Waals surface area contributed by atoms with E-state index in [2.05, 4.69) is 106 Å². The SMILES string of the molecule is Cc1cccc(C2(C)c3cc(Br)ccc3-c3ccc(Br)cc32)c1. The van der Waals surface area contributed by atoms with E-state index in [1.165, 1.54) is 33.4 Å². The van der Waals surface area contributed by atoms with Crippen LogP contribution in [0.2, 0.25) is 0 Å². The molecule has 4 rings (SSSR count).